The normalized spacial score (nSPS) is 14.1. The van der Waals surface area contributed by atoms with E-state index in [4.69, 9.17) is 0 Å². The average molecular weight is 689 g/mol. The van der Waals surface area contributed by atoms with Crippen LogP contribution in [0.4, 0.5) is 5.69 Å². The van der Waals surface area contributed by atoms with Gasteiger partial charge in [-0.3, -0.25) is 13.9 Å². The number of carbonyl (C=O) groups excluding carboxylic acids is 2. The zero-order valence-corrected chi connectivity index (χ0v) is 27.7. The number of hydrogen-bond acceptors (Lipinski definition) is 4. The second-order valence-corrected chi connectivity index (χ2v) is 14.3. The maximum Gasteiger partial charge on any atom is 0.264 e. The van der Waals surface area contributed by atoms with Gasteiger partial charge in [0.2, 0.25) is 11.8 Å². The van der Waals surface area contributed by atoms with Gasteiger partial charge in [0, 0.05) is 23.5 Å². The van der Waals surface area contributed by atoms with Gasteiger partial charge in [0.15, 0.2) is 0 Å². The van der Waals surface area contributed by atoms with Crippen LogP contribution in [-0.4, -0.2) is 43.8 Å². The van der Waals surface area contributed by atoms with Crippen molar-refractivity contribution in [3.8, 4) is 0 Å². The number of carbonyl (C=O) groups is 2. The third-order valence-corrected chi connectivity index (χ3v) is 10.4. The van der Waals surface area contributed by atoms with Crippen LogP contribution >= 0.6 is 15.9 Å². The van der Waals surface area contributed by atoms with Crippen molar-refractivity contribution in [3.05, 3.63) is 130 Å². The van der Waals surface area contributed by atoms with Gasteiger partial charge in [-0.15, -0.1) is 0 Å². The molecule has 1 fully saturated rings. The first kappa shape index (κ1) is 32.4. The third-order valence-electron chi connectivity index (χ3n) is 8.11. The van der Waals surface area contributed by atoms with E-state index in [1.807, 2.05) is 67.6 Å². The SMILES string of the molecule is Cc1cccc(N(CC(=O)N(Cc2cccc(Br)c2)[C@H](Cc2ccccc2)C(=O)NC2CCCC2)S(=O)(=O)c2ccccc2)c1. The summed E-state index contributed by atoms with van der Waals surface area (Å²) in [5.41, 5.74) is 2.96. The Bertz CT molecular complexity index is 1710. The number of amides is 2. The van der Waals surface area contributed by atoms with Crippen molar-refractivity contribution in [2.45, 2.75) is 62.6 Å². The molecule has 0 saturated heterocycles. The van der Waals surface area contributed by atoms with Crippen LogP contribution < -0.4 is 9.62 Å². The first-order chi connectivity index (χ1) is 21.7. The second-order valence-electron chi connectivity index (χ2n) is 11.5. The second kappa shape index (κ2) is 14.9. The van der Waals surface area contributed by atoms with Crippen LogP contribution in [0, 0.1) is 6.92 Å². The van der Waals surface area contributed by atoms with E-state index in [9.17, 15) is 18.0 Å². The van der Waals surface area contributed by atoms with Crippen LogP contribution in [0.2, 0.25) is 0 Å². The molecule has 234 valence electrons. The summed E-state index contributed by atoms with van der Waals surface area (Å²) < 4.78 is 30.2. The Morgan fingerprint density at radius 2 is 1.49 bits per heavy atom. The van der Waals surface area contributed by atoms with Crippen LogP contribution in [0.15, 0.2) is 119 Å². The van der Waals surface area contributed by atoms with E-state index in [-0.39, 0.29) is 29.8 Å². The van der Waals surface area contributed by atoms with Crippen molar-refractivity contribution in [2.24, 2.45) is 0 Å². The zero-order chi connectivity index (χ0) is 31.8. The molecule has 0 aromatic heterocycles. The summed E-state index contributed by atoms with van der Waals surface area (Å²) in [5, 5.41) is 3.21. The molecule has 0 radical (unpaired) electrons. The lowest BCUT2D eigenvalue weighted by Crippen LogP contribution is -2.54. The number of nitrogens with one attached hydrogen (secondary N) is 1. The number of sulfonamides is 1. The molecule has 1 N–H and O–H groups in total. The summed E-state index contributed by atoms with van der Waals surface area (Å²) >= 11 is 3.53. The predicted molar refractivity (Wildman–Crippen MR) is 181 cm³/mol. The summed E-state index contributed by atoms with van der Waals surface area (Å²) in [7, 11) is -4.12. The number of hydrogen-bond donors (Lipinski definition) is 1. The van der Waals surface area contributed by atoms with Gasteiger partial charge >= 0.3 is 0 Å². The van der Waals surface area contributed by atoms with Gasteiger partial charge in [0.25, 0.3) is 10.0 Å². The summed E-state index contributed by atoms with van der Waals surface area (Å²) in [6, 6.07) is 31.6. The molecule has 4 aromatic carbocycles. The van der Waals surface area contributed by atoms with Gasteiger partial charge in [-0.05, 0) is 72.9 Å². The van der Waals surface area contributed by atoms with Crippen LogP contribution in [0.1, 0.15) is 42.4 Å². The molecule has 2 amide bonds. The summed E-state index contributed by atoms with van der Waals surface area (Å²) in [4.78, 5) is 30.3. The Balaban J connectivity index is 1.56. The van der Waals surface area contributed by atoms with Gasteiger partial charge in [-0.25, -0.2) is 8.42 Å². The number of halogens is 1. The minimum atomic E-state index is -4.12. The van der Waals surface area contributed by atoms with E-state index in [1.165, 1.54) is 12.1 Å². The minimum Gasteiger partial charge on any atom is -0.352 e. The maximum absolute atomic E-state index is 14.6. The molecule has 1 saturated carbocycles. The molecule has 0 heterocycles. The number of aryl methyl sites for hydroxylation is 1. The molecule has 7 nitrogen and oxygen atoms in total. The quantitative estimate of drug-likeness (QED) is 0.181. The average Bonchev–Trinajstić information content (AvgIpc) is 3.55. The molecule has 9 heteroatoms. The highest BCUT2D eigenvalue weighted by molar-refractivity contribution is 9.10. The fraction of sp³-hybridized carbons (Fsp3) is 0.278. The largest absolute Gasteiger partial charge is 0.352 e. The van der Waals surface area contributed by atoms with E-state index in [2.05, 4.69) is 21.2 Å². The molecule has 45 heavy (non-hydrogen) atoms. The first-order valence-electron chi connectivity index (χ1n) is 15.2. The van der Waals surface area contributed by atoms with E-state index >= 15 is 0 Å². The van der Waals surface area contributed by atoms with Crippen molar-refractivity contribution in [1.29, 1.82) is 0 Å². The molecule has 0 bridgehead atoms. The molecule has 0 unspecified atom stereocenters. The lowest BCUT2D eigenvalue weighted by Gasteiger charge is -2.34. The fourth-order valence-electron chi connectivity index (χ4n) is 5.79. The van der Waals surface area contributed by atoms with Crippen LogP contribution in [0.5, 0.6) is 0 Å². The molecule has 1 atom stereocenters. The van der Waals surface area contributed by atoms with Crippen molar-refractivity contribution in [2.75, 3.05) is 10.8 Å². The molecular formula is C36H38BrN3O4S. The Morgan fingerprint density at radius 1 is 0.844 bits per heavy atom. The number of anilines is 1. The zero-order valence-electron chi connectivity index (χ0n) is 25.3. The monoisotopic (exact) mass is 687 g/mol. The van der Waals surface area contributed by atoms with Crippen LogP contribution in [0.25, 0.3) is 0 Å². The number of rotatable bonds is 12. The van der Waals surface area contributed by atoms with E-state index in [1.54, 1.807) is 41.3 Å². The van der Waals surface area contributed by atoms with Crippen LogP contribution in [-0.2, 0) is 32.6 Å². The molecule has 4 aromatic rings. The summed E-state index contributed by atoms with van der Waals surface area (Å²) in [5.74, 6) is -0.708. The first-order valence-corrected chi connectivity index (χ1v) is 17.5. The Kier molecular flexibility index (Phi) is 10.7. The molecule has 1 aliphatic rings. The van der Waals surface area contributed by atoms with Crippen molar-refractivity contribution in [3.63, 3.8) is 0 Å². The lowest BCUT2D eigenvalue weighted by atomic mass is 10.0. The van der Waals surface area contributed by atoms with Crippen molar-refractivity contribution < 1.29 is 18.0 Å². The van der Waals surface area contributed by atoms with Gasteiger partial charge in [-0.2, -0.15) is 0 Å². The molecule has 1 aliphatic carbocycles. The van der Waals surface area contributed by atoms with Gasteiger partial charge in [0.05, 0.1) is 10.6 Å². The highest BCUT2D eigenvalue weighted by Gasteiger charge is 2.35. The fourth-order valence-corrected chi connectivity index (χ4v) is 7.66. The maximum atomic E-state index is 14.6. The lowest BCUT2D eigenvalue weighted by molar-refractivity contribution is -0.140. The molecule has 0 spiro atoms. The smallest absolute Gasteiger partial charge is 0.264 e. The van der Waals surface area contributed by atoms with Crippen LogP contribution in [0.3, 0.4) is 0 Å². The van der Waals surface area contributed by atoms with E-state index in [0.29, 0.717) is 5.69 Å². The Labute approximate surface area is 274 Å². The minimum absolute atomic E-state index is 0.0563. The van der Waals surface area contributed by atoms with Gasteiger partial charge in [0.1, 0.15) is 12.6 Å². The van der Waals surface area contributed by atoms with Crippen molar-refractivity contribution in [1.82, 2.24) is 10.2 Å². The van der Waals surface area contributed by atoms with Gasteiger partial charge in [-0.1, -0.05) is 102 Å². The Morgan fingerprint density at radius 3 is 2.16 bits per heavy atom. The van der Waals surface area contributed by atoms with Crippen molar-refractivity contribution >= 4 is 43.5 Å². The molecular weight excluding hydrogens is 650 g/mol. The third kappa shape index (κ3) is 8.41. The van der Waals surface area contributed by atoms with E-state index < -0.39 is 28.5 Å². The highest BCUT2D eigenvalue weighted by Crippen LogP contribution is 2.26. The Hall–Kier alpha value is -3.95. The number of benzene rings is 4. The standard InChI is InChI=1S/C36H38BrN3O4S/c1-27-12-10-19-32(22-27)40(45(43,44)33-20-6-3-7-21-33)26-35(41)39(25-29-15-11-16-30(37)23-29)34(24-28-13-4-2-5-14-28)36(42)38-31-17-8-9-18-31/h2-7,10-16,19-23,31,34H,8-9,17-18,24-26H2,1H3,(H,38,42)/t34-/m1/s1. The summed E-state index contributed by atoms with van der Waals surface area (Å²) in [6.45, 7) is 1.53. The topological polar surface area (TPSA) is 86.8 Å². The van der Waals surface area contributed by atoms with E-state index in [0.717, 1.165) is 51.2 Å². The summed E-state index contributed by atoms with van der Waals surface area (Å²) in [6.07, 6.45) is 4.20. The predicted octanol–water partition coefficient (Wildman–Crippen LogP) is 6.65. The number of nitrogens with zero attached hydrogens (tertiary/aromatic N) is 2. The molecule has 5 rings (SSSR count). The van der Waals surface area contributed by atoms with Gasteiger partial charge < -0.3 is 10.2 Å². The molecule has 0 aliphatic heterocycles. The highest BCUT2D eigenvalue weighted by atomic mass is 79.9.